The van der Waals surface area contributed by atoms with Crippen molar-refractivity contribution in [2.45, 2.75) is 25.5 Å². The van der Waals surface area contributed by atoms with Gasteiger partial charge in [0.05, 0.1) is 25.9 Å². The van der Waals surface area contributed by atoms with Gasteiger partial charge in [-0.1, -0.05) is 22.9 Å². The molecule has 0 spiro atoms. The van der Waals surface area contributed by atoms with Crippen molar-refractivity contribution < 1.29 is 14.6 Å². The van der Waals surface area contributed by atoms with E-state index >= 15 is 0 Å². The average molecular weight is 330 g/mol. The zero-order chi connectivity index (χ0) is 13.7. The van der Waals surface area contributed by atoms with Crippen molar-refractivity contribution in [3.63, 3.8) is 0 Å². The van der Waals surface area contributed by atoms with E-state index in [1.165, 1.54) is 0 Å². The van der Waals surface area contributed by atoms with Gasteiger partial charge in [0.15, 0.2) is 0 Å². The second kappa shape index (κ2) is 7.24. The first kappa shape index (κ1) is 14.8. The average Bonchev–Trinajstić information content (AvgIpc) is 2.44. The van der Waals surface area contributed by atoms with Crippen LogP contribution in [0.4, 0.5) is 0 Å². The molecule has 1 heterocycles. The Hall–Kier alpha value is -0.620. The van der Waals surface area contributed by atoms with Crippen LogP contribution in [0.2, 0.25) is 0 Å². The second-order valence-corrected chi connectivity index (χ2v) is 5.56. The summed E-state index contributed by atoms with van der Waals surface area (Å²) in [5.74, 6) is 0.323. The number of phenols is 1. The van der Waals surface area contributed by atoms with Gasteiger partial charge in [-0.3, -0.25) is 0 Å². The Morgan fingerprint density at radius 1 is 1.47 bits per heavy atom. The number of phenolic OH excluding ortho intramolecular Hbond substituents is 1. The van der Waals surface area contributed by atoms with E-state index in [0.29, 0.717) is 25.6 Å². The molecule has 1 fully saturated rings. The summed E-state index contributed by atoms with van der Waals surface area (Å²) in [5.41, 5.74) is 0.911. The molecular weight excluding hydrogens is 310 g/mol. The maximum absolute atomic E-state index is 9.96. The van der Waals surface area contributed by atoms with Crippen molar-refractivity contribution in [3.8, 4) is 5.75 Å². The molecule has 0 saturated carbocycles. The third kappa shape index (κ3) is 4.18. The molecular formula is C14H20BrNO3. The number of nitrogens with one attached hydrogen (secondary N) is 1. The van der Waals surface area contributed by atoms with E-state index in [2.05, 4.69) is 28.2 Å². The van der Waals surface area contributed by atoms with E-state index in [1.54, 1.807) is 6.07 Å². The maximum Gasteiger partial charge on any atom is 0.120 e. The number of hydrogen-bond acceptors (Lipinski definition) is 4. The van der Waals surface area contributed by atoms with Crippen LogP contribution in [0, 0.1) is 0 Å². The lowest BCUT2D eigenvalue weighted by molar-refractivity contribution is -0.0871. The minimum atomic E-state index is 0.0945. The number of benzene rings is 1. The number of halogens is 1. The van der Waals surface area contributed by atoms with Crippen LogP contribution >= 0.6 is 15.9 Å². The van der Waals surface area contributed by atoms with Crippen molar-refractivity contribution in [3.05, 3.63) is 28.2 Å². The summed E-state index contributed by atoms with van der Waals surface area (Å²) >= 11 is 3.44. The molecule has 1 aliphatic heterocycles. The molecule has 5 heteroatoms. The van der Waals surface area contributed by atoms with E-state index in [9.17, 15) is 5.11 Å². The zero-order valence-corrected chi connectivity index (χ0v) is 12.6. The Balaban J connectivity index is 1.97. The van der Waals surface area contributed by atoms with E-state index < -0.39 is 0 Å². The monoisotopic (exact) mass is 329 g/mol. The van der Waals surface area contributed by atoms with Gasteiger partial charge in [-0.25, -0.2) is 0 Å². The molecule has 1 aromatic rings. The second-order valence-electron chi connectivity index (χ2n) is 4.64. The van der Waals surface area contributed by atoms with Gasteiger partial charge in [0, 0.05) is 22.6 Å². The van der Waals surface area contributed by atoms with Crippen molar-refractivity contribution in [2.24, 2.45) is 0 Å². The van der Waals surface area contributed by atoms with E-state index in [1.807, 2.05) is 12.1 Å². The molecule has 1 aliphatic rings. The van der Waals surface area contributed by atoms with Gasteiger partial charge in [-0.05, 0) is 24.6 Å². The lowest BCUT2D eigenvalue weighted by Crippen LogP contribution is -2.38. The fourth-order valence-electron chi connectivity index (χ4n) is 2.21. The molecule has 0 bridgehead atoms. The van der Waals surface area contributed by atoms with Crippen molar-refractivity contribution in [1.29, 1.82) is 0 Å². The molecule has 0 aliphatic carbocycles. The SMILES string of the molecule is CCC(NCC1COCCO1)c1cc(Br)ccc1O. The first-order valence-corrected chi connectivity index (χ1v) is 7.41. The highest BCUT2D eigenvalue weighted by Gasteiger charge is 2.18. The highest BCUT2D eigenvalue weighted by atomic mass is 79.9. The van der Waals surface area contributed by atoms with Crippen molar-refractivity contribution in [2.75, 3.05) is 26.4 Å². The predicted molar refractivity (Wildman–Crippen MR) is 77.4 cm³/mol. The molecule has 0 radical (unpaired) electrons. The zero-order valence-electron chi connectivity index (χ0n) is 11.1. The van der Waals surface area contributed by atoms with Crippen LogP contribution in [0.5, 0.6) is 5.75 Å². The Kier molecular flexibility index (Phi) is 5.63. The lowest BCUT2D eigenvalue weighted by atomic mass is 10.0. The normalized spacial score (nSPS) is 21.3. The first-order chi connectivity index (χ1) is 9.20. The van der Waals surface area contributed by atoms with Gasteiger partial charge in [-0.2, -0.15) is 0 Å². The van der Waals surface area contributed by atoms with Crippen LogP contribution in [0.15, 0.2) is 22.7 Å². The number of hydrogen-bond donors (Lipinski definition) is 2. The molecule has 19 heavy (non-hydrogen) atoms. The third-order valence-corrected chi connectivity index (χ3v) is 3.74. The number of ether oxygens (including phenoxy) is 2. The Morgan fingerprint density at radius 2 is 2.32 bits per heavy atom. The summed E-state index contributed by atoms with van der Waals surface area (Å²) in [6, 6.07) is 5.62. The number of aromatic hydroxyl groups is 1. The molecule has 2 N–H and O–H groups in total. The lowest BCUT2D eigenvalue weighted by Gasteiger charge is -2.26. The summed E-state index contributed by atoms with van der Waals surface area (Å²) in [4.78, 5) is 0. The predicted octanol–water partition coefficient (Wildman–Crippen LogP) is 2.61. The molecule has 4 nitrogen and oxygen atoms in total. The molecule has 0 amide bonds. The van der Waals surface area contributed by atoms with Crippen molar-refractivity contribution >= 4 is 15.9 Å². The number of rotatable bonds is 5. The fourth-order valence-corrected chi connectivity index (χ4v) is 2.59. The van der Waals surface area contributed by atoms with E-state index in [0.717, 1.165) is 23.0 Å². The molecule has 2 atom stereocenters. The van der Waals surface area contributed by atoms with Crippen LogP contribution in [0.25, 0.3) is 0 Å². The van der Waals surface area contributed by atoms with Gasteiger partial charge in [-0.15, -0.1) is 0 Å². The van der Waals surface area contributed by atoms with E-state index in [4.69, 9.17) is 9.47 Å². The molecule has 106 valence electrons. The van der Waals surface area contributed by atoms with Crippen LogP contribution < -0.4 is 5.32 Å². The van der Waals surface area contributed by atoms with Gasteiger partial charge in [0.1, 0.15) is 5.75 Å². The van der Waals surface area contributed by atoms with Gasteiger partial charge >= 0.3 is 0 Å². The molecule has 1 saturated heterocycles. The third-order valence-electron chi connectivity index (χ3n) is 3.25. The Morgan fingerprint density at radius 3 is 3.00 bits per heavy atom. The maximum atomic E-state index is 9.96. The Labute approximate surface area is 122 Å². The highest BCUT2D eigenvalue weighted by molar-refractivity contribution is 9.10. The van der Waals surface area contributed by atoms with Gasteiger partial charge in [0.2, 0.25) is 0 Å². The summed E-state index contributed by atoms with van der Waals surface area (Å²) < 4.78 is 11.9. The summed E-state index contributed by atoms with van der Waals surface area (Å²) in [6.07, 6.45) is 0.995. The first-order valence-electron chi connectivity index (χ1n) is 6.62. The summed E-state index contributed by atoms with van der Waals surface area (Å²) in [7, 11) is 0. The quantitative estimate of drug-likeness (QED) is 0.871. The van der Waals surface area contributed by atoms with Gasteiger partial charge < -0.3 is 19.9 Å². The Bertz CT molecular complexity index is 408. The van der Waals surface area contributed by atoms with Gasteiger partial charge in [0.25, 0.3) is 0 Å². The van der Waals surface area contributed by atoms with Crippen LogP contribution in [-0.4, -0.2) is 37.6 Å². The topological polar surface area (TPSA) is 50.7 Å². The van der Waals surface area contributed by atoms with E-state index in [-0.39, 0.29) is 12.1 Å². The molecule has 0 aromatic heterocycles. The smallest absolute Gasteiger partial charge is 0.120 e. The summed E-state index contributed by atoms with van der Waals surface area (Å²) in [6.45, 7) is 4.79. The fraction of sp³-hybridized carbons (Fsp3) is 0.571. The molecule has 1 aromatic carbocycles. The molecule has 2 rings (SSSR count). The minimum absolute atomic E-state index is 0.0945. The van der Waals surface area contributed by atoms with Crippen LogP contribution in [-0.2, 0) is 9.47 Å². The summed E-state index contributed by atoms with van der Waals surface area (Å²) in [5, 5.41) is 13.4. The van der Waals surface area contributed by atoms with Crippen molar-refractivity contribution in [1.82, 2.24) is 5.32 Å². The highest BCUT2D eigenvalue weighted by Crippen LogP contribution is 2.29. The molecule has 2 unspecified atom stereocenters. The largest absolute Gasteiger partial charge is 0.508 e. The minimum Gasteiger partial charge on any atom is -0.508 e. The standard InChI is InChI=1S/C14H20BrNO3/c1-2-13(12-7-10(15)3-4-14(12)17)16-8-11-9-18-5-6-19-11/h3-4,7,11,13,16-17H,2,5-6,8-9H2,1H3. The van der Waals surface area contributed by atoms with Crippen LogP contribution in [0.1, 0.15) is 24.9 Å². The van der Waals surface area contributed by atoms with Crippen LogP contribution in [0.3, 0.4) is 0 Å².